The molecule has 4 nitrogen and oxygen atoms in total. The SMILES string of the molecule is CCCS(=O)(=O)Oc1c(C(C)C)cc(C=O)cc1C(C)C. The Morgan fingerprint density at radius 2 is 1.57 bits per heavy atom. The van der Waals surface area contributed by atoms with Crippen molar-refractivity contribution < 1.29 is 17.4 Å². The van der Waals surface area contributed by atoms with Crippen LogP contribution in [0.1, 0.15) is 74.4 Å². The van der Waals surface area contributed by atoms with Crippen LogP contribution in [0.5, 0.6) is 5.75 Å². The molecule has 118 valence electrons. The predicted octanol–water partition coefficient (Wildman–Crippen LogP) is 3.86. The van der Waals surface area contributed by atoms with Crippen molar-refractivity contribution in [2.24, 2.45) is 0 Å². The average Bonchev–Trinajstić information content (AvgIpc) is 2.37. The molecule has 0 atom stereocenters. The quantitative estimate of drug-likeness (QED) is 0.566. The molecule has 1 rings (SSSR count). The van der Waals surface area contributed by atoms with Gasteiger partial charge in [-0.2, -0.15) is 8.42 Å². The number of hydrogen-bond acceptors (Lipinski definition) is 4. The van der Waals surface area contributed by atoms with Crippen LogP contribution in [0.2, 0.25) is 0 Å². The minimum atomic E-state index is -3.60. The topological polar surface area (TPSA) is 60.4 Å². The summed E-state index contributed by atoms with van der Waals surface area (Å²) >= 11 is 0. The highest BCUT2D eigenvalue weighted by Gasteiger charge is 2.22. The molecule has 21 heavy (non-hydrogen) atoms. The van der Waals surface area contributed by atoms with Gasteiger partial charge in [-0.3, -0.25) is 4.79 Å². The lowest BCUT2D eigenvalue weighted by Crippen LogP contribution is -2.16. The third-order valence-electron chi connectivity index (χ3n) is 3.21. The highest BCUT2D eigenvalue weighted by molar-refractivity contribution is 7.87. The van der Waals surface area contributed by atoms with Crippen LogP contribution in [-0.4, -0.2) is 20.5 Å². The molecule has 0 fully saturated rings. The molecule has 0 bridgehead atoms. The maximum atomic E-state index is 12.0. The van der Waals surface area contributed by atoms with Crippen LogP contribution in [0.4, 0.5) is 0 Å². The van der Waals surface area contributed by atoms with Crippen LogP contribution in [0.15, 0.2) is 12.1 Å². The molecule has 0 radical (unpaired) electrons. The van der Waals surface area contributed by atoms with Gasteiger partial charge in [0.25, 0.3) is 0 Å². The first-order valence-electron chi connectivity index (χ1n) is 7.27. The lowest BCUT2D eigenvalue weighted by atomic mass is 9.92. The van der Waals surface area contributed by atoms with Gasteiger partial charge in [0.1, 0.15) is 12.0 Å². The Kier molecular flexibility index (Phi) is 5.96. The molecular weight excluding hydrogens is 288 g/mol. The highest BCUT2D eigenvalue weighted by Crippen LogP contribution is 2.36. The summed E-state index contributed by atoms with van der Waals surface area (Å²) in [4.78, 5) is 11.1. The van der Waals surface area contributed by atoms with Crippen LogP contribution in [0.25, 0.3) is 0 Å². The molecule has 0 unspecified atom stereocenters. The summed E-state index contributed by atoms with van der Waals surface area (Å²) in [5.74, 6) is 0.500. The molecular formula is C16H24O4S. The summed E-state index contributed by atoms with van der Waals surface area (Å²) in [6.07, 6.45) is 1.28. The van der Waals surface area contributed by atoms with E-state index >= 15 is 0 Å². The first-order chi connectivity index (χ1) is 9.71. The second kappa shape index (κ2) is 7.07. The number of aldehydes is 1. The first-order valence-corrected chi connectivity index (χ1v) is 8.84. The lowest BCUT2D eigenvalue weighted by Gasteiger charge is -2.20. The zero-order valence-electron chi connectivity index (χ0n) is 13.3. The zero-order chi connectivity index (χ0) is 16.2. The minimum absolute atomic E-state index is 0.0164. The molecule has 0 amide bonds. The molecule has 5 heteroatoms. The summed E-state index contributed by atoms with van der Waals surface area (Å²) < 4.78 is 29.4. The van der Waals surface area contributed by atoms with Gasteiger partial charge < -0.3 is 4.18 Å². The van der Waals surface area contributed by atoms with Gasteiger partial charge >= 0.3 is 10.1 Å². The van der Waals surface area contributed by atoms with E-state index in [1.807, 2.05) is 27.7 Å². The molecule has 0 aliphatic carbocycles. The monoisotopic (exact) mass is 312 g/mol. The molecule has 0 aliphatic rings. The number of carbonyl (C=O) groups excluding carboxylic acids is 1. The summed E-state index contributed by atoms with van der Waals surface area (Å²) in [5, 5.41) is 0. The summed E-state index contributed by atoms with van der Waals surface area (Å²) in [7, 11) is -3.60. The van der Waals surface area contributed by atoms with Crippen molar-refractivity contribution in [2.45, 2.75) is 52.9 Å². The standard InChI is InChI=1S/C16H24O4S/c1-6-7-21(18,19)20-16-14(11(2)3)8-13(10-17)9-15(16)12(4)5/h8-12H,6-7H2,1-5H3. The van der Waals surface area contributed by atoms with E-state index in [0.29, 0.717) is 17.7 Å². The van der Waals surface area contributed by atoms with Crippen LogP contribution in [0.3, 0.4) is 0 Å². The van der Waals surface area contributed by atoms with E-state index in [9.17, 15) is 13.2 Å². The molecule has 1 aromatic carbocycles. The Bertz CT molecular complexity index is 572. The van der Waals surface area contributed by atoms with E-state index < -0.39 is 10.1 Å². The van der Waals surface area contributed by atoms with Crippen molar-refractivity contribution in [2.75, 3.05) is 5.75 Å². The van der Waals surface area contributed by atoms with Crippen LogP contribution >= 0.6 is 0 Å². The Morgan fingerprint density at radius 1 is 1.10 bits per heavy atom. The van der Waals surface area contributed by atoms with Crippen LogP contribution < -0.4 is 4.18 Å². The Morgan fingerprint density at radius 3 is 1.90 bits per heavy atom. The van der Waals surface area contributed by atoms with Crippen LogP contribution in [0, 0.1) is 0 Å². The molecule has 1 aromatic rings. The zero-order valence-corrected chi connectivity index (χ0v) is 14.2. The first kappa shape index (κ1) is 17.7. The van der Waals surface area contributed by atoms with Crippen LogP contribution in [-0.2, 0) is 10.1 Å². The normalized spacial score (nSPS) is 12.0. The number of hydrogen-bond donors (Lipinski definition) is 0. The fraction of sp³-hybridized carbons (Fsp3) is 0.562. The molecule has 0 aliphatic heterocycles. The van der Waals surface area contributed by atoms with E-state index in [-0.39, 0.29) is 17.6 Å². The Balaban J connectivity index is 3.49. The van der Waals surface area contributed by atoms with Gasteiger partial charge in [0.2, 0.25) is 0 Å². The number of benzene rings is 1. The molecule has 0 aromatic heterocycles. The minimum Gasteiger partial charge on any atom is -0.382 e. The number of carbonyl (C=O) groups is 1. The van der Waals surface area contributed by atoms with Gasteiger partial charge in [0.05, 0.1) is 5.75 Å². The Hall–Kier alpha value is -1.36. The van der Waals surface area contributed by atoms with E-state index in [1.54, 1.807) is 19.1 Å². The second-order valence-corrected chi connectivity index (χ2v) is 7.49. The van der Waals surface area contributed by atoms with Crippen molar-refractivity contribution in [3.63, 3.8) is 0 Å². The fourth-order valence-electron chi connectivity index (χ4n) is 2.14. The van der Waals surface area contributed by atoms with Gasteiger partial charge in [-0.15, -0.1) is 0 Å². The van der Waals surface area contributed by atoms with Gasteiger partial charge in [0, 0.05) is 5.56 Å². The van der Waals surface area contributed by atoms with Gasteiger partial charge in [-0.1, -0.05) is 34.6 Å². The molecule has 0 N–H and O–H groups in total. The van der Waals surface area contributed by atoms with E-state index in [0.717, 1.165) is 17.4 Å². The maximum Gasteiger partial charge on any atom is 0.309 e. The largest absolute Gasteiger partial charge is 0.382 e. The van der Waals surface area contributed by atoms with E-state index in [1.165, 1.54) is 0 Å². The summed E-state index contributed by atoms with van der Waals surface area (Å²) in [5.41, 5.74) is 2.05. The Labute approximate surface area is 127 Å². The molecule has 0 spiro atoms. The van der Waals surface area contributed by atoms with Crippen molar-refractivity contribution in [3.8, 4) is 5.75 Å². The van der Waals surface area contributed by atoms with Crippen molar-refractivity contribution in [1.29, 1.82) is 0 Å². The average molecular weight is 312 g/mol. The van der Waals surface area contributed by atoms with E-state index in [4.69, 9.17) is 4.18 Å². The molecule has 0 saturated heterocycles. The third-order valence-corrected chi connectivity index (χ3v) is 4.54. The van der Waals surface area contributed by atoms with Gasteiger partial charge in [-0.25, -0.2) is 0 Å². The van der Waals surface area contributed by atoms with Crippen molar-refractivity contribution >= 4 is 16.4 Å². The smallest absolute Gasteiger partial charge is 0.309 e. The lowest BCUT2D eigenvalue weighted by molar-refractivity contribution is 0.112. The highest BCUT2D eigenvalue weighted by atomic mass is 32.2. The second-order valence-electron chi connectivity index (χ2n) is 5.80. The molecule has 0 heterocycles. The fourth-order valence-corrected chi connectivity index (χ4v) is 3.17. The van der Waals surface area contributed by atoms with Gasteiger partial charge in [-0.05, 0) is 41.5 Å². The number of rotatable bonds is 7. The van der Waals surface area contributed by atoms with Gasteiger partial charge in [0.15, 0.2) is 0 Å². The third kappa shape index (κ3) is 4.56. The summed E-state index contributed by atoms with van der Waals surface area (Å²) in [6.45, 7) is 9.60. The summed E-state index contributed by atoms with van der Waals surface area (Å²) in [6, 6.07) is 3.42. The van der Waals surface area contributed by atoms with E-state index in [2.05, 4.69) is 0 Å². The predicted molar refractivity (Wildman–Crippen MR) is 84.7 cm³/mol. The van der Waals surface area contributed by atoms with Crippen molar-refractivity contribution in [1.82, 2.24) is 0 Å². The maximum absolute atomic E-state index is 12.0. The molecule has 0 saturated carbocycles. The van der Waals surface area contributed by atoms with Crippen molar-refractivity contribution in [3.05, 3.63) is 28.8 Å².